The molecule has 0 aliphatic carbocycles. The van der Waals surface area contributed by atoms with E-state index >= 15 is 0 Å². The molecule has 0 spiro atoms. The van der Waals surface area contributed by atoms with Gasteiger partial charge in [0.15, 0.2) is 0 Å². The highest BCUT2D eigenvalue weighted by Gasteiger charge is 2.35. The van der Waals surface area contributed by atoms with E-state index in [-0.39, 0.29) is 34.3 Å². The predicted octanol–water partition coefficient (Wildman–Crippen LogP) is 5.38. The minimum atomic E-state index is -4.34. The summed E-state index contributed by atoms with van der Waals surface area (Å²) in [6, 6.07) is 24.4. The van der Waals surface area contributed by atoms with Crippen LogP contribution in [0.5, 0.6) is 5.75 Å². The Morgan fingerprint density at radius 3 is 2.20 bits per heavy atom. The van der Waals surface area contributed by atoms with Gasteiger partial charge in [-0.05, 0) is 60.5 Å². The van der Waals surface area contributed by atoms with Gasteiger partial charge in [-0.3, -0.25) is 13.9 Å². The van der Waals surface area contributed by atoms with Crippen molar-refractivity contribution < 1.29 is 27.1 Å². The van der Waals surface area contributed by atoms with Crippen molar-refractivity contribution in [3.05, 3.63) is 125 Å². The SMILES string of the molecule is CNC(=O)[C@@H](Cc1ccccc1)N(Cc1ccc(F)cc1)C(=O)CN(c1cc(Cl)ccc1OC)S(=O)(=O)c1ccc(C)cc1. The highest BCUT2D eigenvalue weighted by Crippen LogP contribution is 2.35. The van der Waals surface area contributed by atoms with E-state index in [1.807, 2.05) is 37.3 Å². The maximum atomic E-state index is 14.4. The molecule has 0 aliphatic rings. The van der Waals surface area contributed by atoms with Crippen LogP contribution in [0.15, 0.2) is 102 Å². The number of carbonyl (C=O) groups excluding carboxylic acids is 2. The number of benzene rings is 4. The lowest BCUT2D eigenvalue weighted by atomic mass is 10.0. The van der Waals surface area contributed by atoms with Crippen LogP contribution < -0.4 is 14.4 Å². The normalized spacial score (nSPS) is 11.8. The summed E-state index contributed by atoms with van der Waals surface area (Å²) < 4.78 is 48.5. The number of aryl methyl sites for hydroxylation is 1. The van der Waals surface area contributed by atoms with Crippen LogP contribution in [0, 0.1) is 12.7 Å². The van der Waals surface area contributed by atoms with Gasteiger partial charge in [0.05, 0.1) is 17.7 Å². The van der Waals surface area contributed by atoms with E-state index in [0.29, 0.717) is 5.56 Å². The Bertz CT molecular complexity index is 1700. The maximum Gasteiger partial charge on any atom is 0.264 e. The molecule has 0 radical (unpaired) electrons. The summed E-state index contributed by atoms with van der Waals surface area (Å²) in [7, 11) is -1.49. The average molecular weight is 638 g/mol. The number of hydrogen-bond donors (Lipinski definition) is 1. The van der Waals surface area contributed by atoms with Gasteiger partial charge in [-0.1, -0.05) is 71.8 Å². The molecule has 0 saturated heterocycles. The molecular formula is C33H33ClFN3O5S. The minimum absolute atomic E-state index is 0.0462. The van der Waals surface area contributed by atoms with Crippen molar-refractivity contribution in [2.24, 2.45) is 0 Å². The monoisotopic (exact) mass is 637 g/mol. The van der Waals surface area contributed by atoms with Crippen molar-refractivity contribution in [1.29, 1.82) is 0 Å². The van der Waals surface area contributed by atoms with Gasteiger partial charge in [-0.15, -0.1) is 0 Å². The average Bonchev–Trinajstić information content (AvgIpc) is 3.02. The molecule has 4 aromatic carbocycles. The largest absolute Gasteiger partial charge is 0.495 e. The van der Waals surface area contributed by atoms with Gasteiger partial charge in [-0.2, -0.15) is 0 Å². The number of amides is 2. The molecule has 0 aliphatic heterocycles. The second-order valence-corrected chi connectivity index (χ2v) is 12.4. The molecule has 1 N–H and O–H groups in total. The van der Waals surface area contributed by atoms with Crippen LogP contribution >= 0.6 is 11.6 Å². The number of anilines is 1. The Hall–Kier alpha value is -4.41. The van der Waals surface area contributed by atoms with Gasteiger partial charge in [-0.25, -0.2) is 12.8 Å². The second kappa shape index (κ2) is 14.4. The van der Waals surface area contributed by atoms with Gasteiger partial charge in [0.1, 0.15) is 24.2 Å². The minimum Gasteiger partial charge on any atom is -0.495 e. The van der Waals surface area contributed by atoms with Crippen molar-refractivity contribution in [2.75, 3.05) is 25.0 Å². The molecule has 4 rings (SSSR count). The van der Waals surface area contributed by atoms with Crippen molar-refractivity contribution in [1.82, 2.24) is 10.2 Å². The molecule has 0 saturated carbocycles. The van der Waals surface area contributed by atoms with E-state index in [0.717, 1.165) is 15.4 Å². The number of nitrogens with one attached hydrogen (secondary N) is 1. The number of methoxy groups -OCH3 is 1. The molecular weight excluding hydrogens is 605 g/mol. The smallest absolute Gasteiger partial charge is 0.264 e. The van der Waals surface area contributed by atoms with Crippen molar-refractivity contribution in [3.8, 4) is 5.75 Å². The summed E-state index contributed by atoms with van der Waals surface area (Å²) >= 11 is 6.30. The molecule has 0 unspecified atom stereocenters. The summed E-state index contributed by atoms with van der Waals surface area (Å²) in [6.07, 6.45) is 0.151. The summed E-state index contributed by atoms with van der Waals surface area (Å²) in [5, 5.41) is 2.86. The van der Waals surface area contributed by atoms with E-state index in [1.165, 1.54) is 67.6 Å². The highest BCUT2D eigenvalue weighted by molar-refractivity contribution is 7.92. The number of rotatable bonds is 12. The quantitative estimate of drug-likeness (QED) is 0.225. The number of carbonyl (C=O) groups is 2. The number of likely N-dealkylation sites (N-methyl/N-ethyl adjacent to an activating group) is 1. The van der Waals surface area contributed by atoms with Gasteiger partial charge < -0.3 is 15.0 Å². The zero-order valence-corrected chi connectivity index (χ0v) is 26.1. The van der Waals surface area contributed by atoms with Crippen LogP contribution in [0.4, 0.5) is 10.1 Å². The Morgan fingerprint density at radius 2 is 1.59 bits per heavy atom. The van der Waals surface area contributed by atoms with Crippen molar-refractivity contribution in [3.63, 3.8) is 0 Å². The molecule has 1 atom stereocenters. The summed E-state index contributed by atoms with van der Waals surface area (Å²) in [5.74, 6) is -1.40. The Kier molecular flexibility index (Phi) is 10.6. The van der Waals surface area contributed by atoms with E-state index < -0.39 is 40.2 Å². The highest BCUT2D eigenvalue weighted by atomic mass is 35.5. The molecule has 0 heterocycles. The predicted molar refractivity (Wildman–Crippen MR) is 169 cm³/mol. The molecule has 230 valence electrons. The standard InChI is InChI=1S/C33H33ClFN3O5S/c1-23-9-16-28(17-10-23)44(41,42)38(29-20-26(34)13-18-31(29)43-3)22-32(39)37(21-25-11-14-27(35)15-12-25)30(33(40)36-2)19-24-7-5-4-6-8-24/h4-18,20,30H,19,21-22H2,1-3H3,(H,36,40)/t30-/m1/s1. The first kappa shape index (κ1) is 32.5. The van der Waals surface area contributed by atoms with E-state index in [2.05, 4.69) is 5.32 Å². The first-order chi connectivity index (χ1) is 21.0. The third-order valence-electron chi connectivity index (χ3n) is 7.08. The first-order valence-electron chi connectivity index (χ1n) is 13.8. The number of halogens is 2. The van der Waals surface area contributed by atoms with Crippen LogP contribution in [0.3, 0.4) is 0 Å². The molecule has 4 aromatic rings. The fourth-order valence-electron chi connectivity index (χ4n) is 4.72. The third kappa shape index (κ3) is 7.75. The number of sulfonamides is 1. The van der Waals surface area contributed by atoms with E-state index in [9.17, 15) is 22.4 Å². The lowest BCUT2D eigenvalue weighted by molar-refractivity contribution is -0.139. The maximum absolute atomic E-state index is 14.4. The van der Waals surface area contributed by atoms with Crippen LogP contribution in [-0.2, 0) is 32.6 Å². The van der Waals surface area contributed by atoms with Gasteiger partial charge in [0.25, 0.3) is 10.0 Å². The third-order valence-corrected chi connectivity index (χ3v) is 9.09. The zero-order chi connectivity index (χ0) is 31.9. The summed E-state index contributed by atoms with van der Waals surface area (Å²) in [4.78, 5) is 28.9. The molecule has 0 bridgehead atoms. The lowest BCUT2D eigenvalue weighted by Crippen LogP contribution is -2.53. The molecule has 44 heavy (non-hydrogen) atoms. The first-order valence-corrected chi connectivity index (χ1v) is 15.6. The molecule has 8 nitrogen and oxygen atoms in total. The molecule has 0 fully saturated rings. The Balaban J connectivity index is 1.83. The zero-order valence-electron chi connectivity index (χ0n) is 24.5. The van der Waals surface area contributed by atoms with Crippen LogP contribution in [-0.4, -0.2) is 51.9 Å². The van der Waals surface area contributed by atoms with Gasteiger partial charge >= 0.3 is 0 Å². The molecule has 0 aromatic heterocycles. The number of ether oxygens (including phenoxy) is 1. The Morgan fingerprint density at radius 1 is 0.932 bits per heavy atom. The van der Waals surface area contributed by atoms with Gasteiger partial charge in [0.2, 0.25) is 11.8 Å². The van der Waals surface area contributed by atoms with E-state index in [4.69, 9.17) is 16.3 Å². The van der Waals surface area contributed by atoms with Gasteiger partial charge in [0, 0.05) is 25.0 Å². The van der Waals surface area contributed by atoms with Crippen LogP contribution in [0.2, 0.25) is 5.02 Å². The fourth-order valence-corrected chi connectivity index (χ4v) is 6.30. The van der Waals surface area contributed by atoms with Crippen LogP contribution in [0.1, 0.15) is 16.7 Å². The summed E-state index contributed by atoms with van der Waals surface area (Å²) in [6.45, 7) is 1.06. The van der Waals surface area contributed by atoms with Crippen molar-refractivity contribution in [2.45, 2.75) is 30.8 Å². The number of hydrogen-bond acceptors (Lipinski definition) is 5. The lowest BCUT2D eigenvalue weighted by Gasteiger charge is -2.34. The molecule has 11 heteroatoms. The molecule has 2 amide bonds. The topological polar surface area (TPSA) is 96.0 Å². The van der Waals surface area contributed by atoms with E-state index in [1.54, 1.807) is 18.2 Å². The second-order valence-electron chi connectivity index (χ2n) is 10.1. The Labute approximate surface area is 262 Å². The van der Waals surface area contributed by atoms with Crippen LogP contribution in [0.25, 0.3) is 0 Å². The fraction of sp³-hybridized carbons (Fsp3) is 0.212. The number of nitrogens with zero attached hydrogens (tertiary/aromatic N) is 2. The summed E-state index contributed by atoms with van der Waals surface area (Å²) in [5.41, 5.74) is 2.25. The van der Waals surface area contributed by atoms with Crippen molar-refractivity contribution >= 4 is 39.1 Å².